The molecule has 0 aromatic heterocycles. The van der Waals surface area contributed by atoms with Crippen molar-refractivity contribution < 1.29 is 4.79 Å². The Morgan fingerprint density at radius 3 is 2.54 bits per heavy atom. The lowest BCUT2D eigenvalue weighted by Crippen LogP contribution is -2.41. The van der Waals surface area contributed by atoms with E-state index in [1.807, 2.05) is 21.0 Å². The van der Waals surface area contributed by atoms with E-state index in [4.69, 9.17) is 0 Å². The zero-order valence-electron chi connectivity index (χ0n) is 9.05. The number of hydrogen-bond donors (Lipinski definition) is 2. The van der Waals surface area contributed by atoms with Crippen LogP contribution in [0.4, 0.5) is 0 Å². The molecular weight excluding hydrogens is 166 g/mol. The summed E-state index contributed by atoms with van der Waals surface area (Å²) in [5, 5.41) is 5.75. The Hall–Kier alpha value is -0.610. The highest BCUT2D eigenvalue weighted by atomic mass is 16.2. The maximum absolute atomic E-state index is 11.2. The largest absolute Gasteiger partial charge is 0.355 e. The van der Waals surface area contributed by atoms with Crippen LogP contribution in [0.25, 0.3) is 0 Å². The molecule has 4 heteroatoms. The van der Waals surface area contributed by atoms with Crippen LogP contribution in [0, 0.1) is 0 Å². The summed E-state index contributed by atoms with van der Waals surface area (Å²) < 4.78 is 0. The monoisotopic (exact) mass is 187 g/mol. The smallest absolute Gasteiger partial charge is 0.236 e. The predicted octanol–water partition coefficient (Wildman–Crippen LogP) is -0.338. The van der Waals surface area contributed by atoms with Gasteiger partial charge in [-0.15, -0.1) is 0 Å². The van der Waals surface area contributed by atoms with E-state index in [9.17, 15) is 4.79 Å². The Kier molecular flexibility index (Phi) is 6.54. The molecule has 0 aliphatic carbocycles. The molecule has 13 heavy (non-hydrogen) atoms. The maximum Gasteiger partial charge on any atom is 0.236 e. The lowest BCUT2D eigenvalue weighted by Gasteiger charge is -2.12. The maximum atomic E-state index is 11.2. The van der Waals surface area contributed by atoms with Crippen molar-refractivity contribution in [2.45, 2.75) is 19.4 Å². The van der Waals surface area contributed by atoms with E-state index < -0.39 is 0 Å². The first-order valence-corrected chi connectivity index (χ1v) is 4.67. The molecule has 0 aliphatic heterocycles. The molecule has 0 rings (SSSR count). The molecule has 1 unspecified atom stereocenters. The number of likely N-dealkylation sites (N-methyl/N-ethyl adjacent to an activating group) is 1. The van der Waals surface area contributed by atoms with Crippen LogP contribution < -0.4 is 10.6 Å². The summed E-state index contributed by atoms with van der Waals surface area (Å²) in [5.74, 6) is 0.0706. The summed E-state index contributed by atoms with van der Waals surface area (Å²) in [6.07, 6.45) is 0.995. The quantitative estimate of drug-likeness (QED) is 0.559. The van der Waals surface area contributed by atoms with Crippen molar-refractivity contribution in [1.29, 1.82) is 0 Å². The second kappa shape index (κ2) is 6.86. The van der Waals surface area contributed by atoms with Gasteiger partial charge in [0.05, 0.1) is 6.04 Å². The fourth-order valence-corrected chi connectivity index (χ4v) is 0.891. The summed E-state index contributed by atoms with van der Waals surface area (Å²) in [7, 11) is 5.83. The highest BCUT2D eigenvalue weighted by Gasteiger charge is 2.07. The van der Waals surface area contributed by atoms with Crippen LogP contribution in [0.2, 0.25) is 0 Å². The Labute approximate surface area is 80.7 Å². The van der Waals surface area contributed by atoms with E-state index in [1.165, 1.54) is 0 Å². The summed E-state index contributed by atoms with van der Waals surface area (Å²) in [5.41, 5.74) is 0. The Balaban J connectivity index is 3.37. The zero-order chi connectivity index (χ0) is 10.3. The zero-order valence-corrected chi connectivity index (χ0v) is 9.05. The summed E-state index contributed by atoms with van der Waals surface area (Å²) in [6, 6.07) is -0.0978. The van der Waals surface area contributed by atoms with E-state index in [0.29, 0.717) is 0 Å². The molecule has 0 aromatic carbocycles. The van der Waals surface area contributed by atoms with Gasteiger partial charge in [0, 0.05) is 6.54 Å². The lowest BCUT2D eigenvalue weighted by atomic mass is 10.3. The highest BCUT2D eigenvalue weighted by molar-refractivity contribution is 5.81. The molecular formula is C9H21N3O. The molecule has 2 N–H and O–H groups in total. The average Bonchev–Trinajstić information content (AvgIpc) is 2.10. The van der Waals surface area contributed by atoms with Crippen molar-refractivity contribution in [1.82, 2.24) is 15.5 Å². The van der Waals surface area contributed by atoms with Gasteiger partial charge < -0.3 is 15.5 Å². The second-order valence-corrected chi connectivity index (χ2v) is 3.46. The first kappa shape index (κ1) is 12.4. The number of nitrogens with one attached hydrogen (secondary N) is 2. The minimum atomic E-state index is -0.0978. The first-order chi connectivity index (χ1) is 6.07. The van der Waals surface area contributed by atoms with Gasteiger partial charge in [-0.25, -0.2) is 0 Å². The third-order valence-corrected chi connectivity index (χ3v) is 1.91. The van der Waals surface area contributed by atoms with E-state index in [1.54, 1.807) is 7.05 Å². The lowest BCUT2D eigenvalue weighted by molar-refractivity contribution is -0.122. The molecule has 0 bridgehead atoms. The second-order valence-electron chi connectivity index (χ2n) is 3.46. The summed E-state index contributed by atoms with van der Waals surface area (Å²) in [4.78, 5) is 13.3. The number of amides is 1. The van der Waals surface area contributed by atoms with Gasteiger partial charge in [0.25, 0.3) is 0 Å². The van der Waals surface area contributed by atoms with Crippen LogP contribution >= 0.6 is 0 Å². The molecule has 0 saturated carbocycles. The van der Waals surface area contributed by atoms with Crippen molar-refractivity contribution in [3.05, 3.63) is 0 Å². The van der Waals surface area contributed by atoms with Crippen molar-refractivity contribution in [2.24, 2.45) is 0 Å². The van der Waals surface area contributed by atoms with Crippen molar-refractivity contribution in [3.63, 3.8) is 0 Å². The molecule has 1 amide bonds. The predicted molar refractivity (Wildman–Crippen MR) is 54.7 cm³/mol. The molecule has 0 aliphatic rings. The van der Waals surface area contributed by atoms with Gasteiger partial charge in [0.15, 0.2) is 0 Å². The van der Waals surface area contributed by atoms with E-state index in [2.05, 4.69) is 15.5 Å². The van der Waals surface area contributed by atoms with Gasteiger partial charge >= 0.3 is 0 Å². The van der Waals surface area contributed by atoms with E-state index >= 15 is 0 Å². The van der Waals surface area contributed by atoms with Gasteiger partial charge in [0.1, 0.15) is 0 Å². The highest BCUT2D eigenvalue weighted by Crippen LogP contribution is 1.83. The Bertz CT molecular complexity index is 148. The minimum absolute atomic E-state index is 0.0706. The average molecular weight is 187 g/mol. The van der Waals surface area contributed by atoms with E-state index in [0.717, 1.165) is 19.5 Å². The van der Waals surface area contributed by atoms with Crippen LogP contribution in [0.1, 0.15) is 13.3 Å². The first-order valence-electron chi connectivity index (χ1n) is 4.67. The van der Waals surface area contributed by atoms with Gasteiger partial charge in [0.2, 0.25) is 5.91 Å². The molecule has 0 saturated heterocycles. The fraction of sp³-hybridized carbons (Fsp3) is 0.889. The fourth-order valence-electron chi connectivity index (χ4n) is 0.891. The Morgan fingerprint density at radius 1 is 1.46 bits per heavy atom. The van der Waals surface area contributed by atoms with Crippen molar-refractivity contribution in [2.75, 3.05) is 34.2 Å². The molecule has 0 fully saturated rings. The molecule has 0 heterocycles. The van der Waals surface area contributed by atoms with Crippen LogP contribution in [-0.2, 0) is 4.79 Å². The molecule has 1 atom stereocenters. The van der Waals surface area contributed by atoms with Crippen molar-refractivity contribution >= 4 is 5.91 Å². The van der Waals surface area contributed by atoms with Crippen LogP contribution in [0.5, 0.6) is 0 Å². The van der Waals surface area contributed by atoms with E-state index in [-0.39, 0.29) is 11.9 Å². The molecule has 0 spiro atoms. The summed E-state index contributed by atoms with van der Waals surface area (Å²) in [6.45, 7) is 3.61. The third kappa shape index (κ3) is 6.54. The van der Waals surface area contributed by atoms with Crippen LogP contribution in [-0.4, -0.2) is 51.1 Å². The normalized spacial score (nSPS) is 13.0. The van der Waals surface area contributed by atoms with Crippen LogP contribution in [0.15, 0.2) is 0 Å². The van der Waals surface area contributed by atoms with Crippen LogP contribution in [0.3, 0.4) is 0 Å². The van der Waals surface area contributed by atoms with Crippen molar-refractivity contribution in [3.8, 4) is 0 Å². The van der Waals surface area contributed by atoms with Gasteiger partial charge in [-0.1, -0.05) is 0 Å². The molecule has 0 aromatic rings. The van der Waals surface area contributed by atoms with Gasteiger partial charge in [-0.2, -0.15) is 0 Å². The topological polar surface area (TPSA) is 44.4 Å². The minimum Gasteiger partial charge on any atom is -0.355 e. The standard InChI is InChI=1S/C9H21N3O/c1-8(10-2)9(13)11-6-5-7-12(3)4/h8,10H,5-7H2,1-4H3,(H,11,13). The number of carbonyl (C=O) groups is 1. The number of carbonyl (C=O) groups excluding carboxylic acids is 1. The molecule has 0 radical (unpaired) electrons. The number of nitrogens with zero attached hydrogens (tertiary/aromatic N) is 1. The number of hydrogen-bond acceptors (Lipinski definition) is 3. The Morgan fingerprint density at radius 2 is 2.08 bits per heavy atom. The molecule has 4 nitrogen and oxygen atoms in total. The summed E-state index contributed by atoms with van der Waals surface area (Å²) >= 11 is 0. The SMILES string of the molecule is CNC(C)C(=O)NCCCN(C)C. The van der Waals surface area contributed by atoms with Gasteiger partial charge in [-0.3, -0.25) is 4.79 Å². The van der Waals surface area contributed by atoms with Gasteiger partial charge in [-0.05, 0) is 41.0 Å². The number of rotatable bonds is 6. The third-order valence-electron chi connectivity index (χ3n) is 1.91. The molecule has 78 valence electrons.